The zero-order chi connectivity index (χ0) is 13.6. The van der Waals surface area contributed by atoms with E-state index >= 15 is 0 Å². The average Bonchev–Trinajstić information content (AvgIpc) is 2.36. The fraction of sp³-hybridized carbons (Fsp3) is 0.750. The lowest BCUT2D eigenvalue weighted by molar-refractivity contribution is 0.422. The second-order valence-corrected chi connectivity index (χ2v) is 3.94. The van der Waals surface area contributed by atoms with Crippen LogP contribution in [-0.2, 0) is 14.4 Å². The van der Waals surface area contributed by atoms with Crippen LogP contribution in [-0.4, -0.2) is 31.0 Å². The van der Waals surface area contributed by atoms with E-state index in [0.29, 0.717) is 18.9 Å². The Morgan fingerprint density at radius 2 is 1.61 bits per heavy atom. The molecule has 6 nitrogen and oxygen atoms in total. The van der Waals surface area contributed by atoms with Gasteiger partial charge < -0.3 is 0 Å². The molecule has 0 fully saturated rings. The van der Waals surface area contributed by atoms with Gasteiger partial charge in [0, 0.05) is 0 Å². The zero-order valence-electron chi connectivity index (χ0n) is 10.5. The first-order valence-electron chi connectivity index (χ1n) is 5.96. The van der Waals surface area contributed by atoms with Crippen molar-refractivity contribution in [3.8, 4) is 0 Å². The summed E-state index contributed by atoms with van der Waals surface area (Å²) in [5, 5.41) is 0. The molecule has 0 aliphatic heterocycles. The van der Waals surface area contributed by atoms with Gasteiger partial charge in [-0.25, -0.2) is 19.4 Å². The molecule has 1 atom stereocenters. The Labute approximate surface area is 106 Å². The summed E-state index contributed by atoms with van der Waals surface area (Å²) in [5.74, 6) is 0.317. The van der Waals surface area contributed by atoms with Crippen LogP contribution in [0.1, 0.15) is 39.0 Å². The van der Waals surface area contributed by atoms with Crippen LogP contribution in [0.5, 0.6) is 0 Å². The number of nitrogens with zero attached hydrogens (tertiary/aromatic N) is 3. The highest BCUT2D eigenvalue weighted by Crippen LogP contribution is 2.17. The molecular weight excluding hydrogens is 234 g/mol. The first-order valence-corrected chi connectivity index (χ1v) is 5.96. The monoisotopic (exact) mass is 251 g/mol. The van der Waals surface area contributed by atoms with Gasteiger partial charge >= 0.3 is 0 Å². The summed E-state index contributed by atoms with van der Waals surface area (Å²) >= 11 is 0. The maximum atomic E-state index is 10.1. The Hall–Kier alpha value is -1.86. The third-order valence-electron chi connectivity index (χ3n) is 2.59. The Morgan fingerprint density at radius 3 is 2.11 bits per heavy atom. The molecule has 0 aromatic carbocycles. The van der Waals surface area contributed by atoms with E-state index in [-0.39, 0.29) is 0 Å². The van der Waals surface area contributed by atoms with E-state index in [9.17, 15) is 14.4 Å². The average molecular weight is 251 g/mol. The van der Waals surface area contributed by atoms with Crippen molar-refractivity contribution in [3.05, 3.63) is 0 Å². The molecule has 0 N–H and O–H groups in total. The van der Waals surface area contributed by atoms with Gasteiger partial charge in [0.05, 0.1) is 6.54 Å². The first kappa shape index (κ1) is 16.1. The highest BCUT2D eigenvalue weighted by Gasteiger charge is 2.10. The first-order chi connectivity index (χ1) is 8.78. The predicted molar refractivity (Wildman–Crippen MR) is 65.3 cm³/mol. The Morgan fingerprint density at radius 1 is 0.944 bits per heavy atom. The molecule has 0 aromatic rings. The van der Waals surface area contributed by atoms with Gasteiger partial charge in [0.25, 0.3) is 0 Å². The summed E-state index contributed by atoms with van der Waals surface area (Å²) in [6, 6.07) is 0. The van der Waals surface area contributed by atoms with Gasteiger partial charge in [0.15, 0.2) is 6.17 Å². The van der Waals surface area contributed by atoms with Gasteiger partial charge in [-0.05, 0) is 31.6 Å². The van der Waals surface area contributed by atoms with Crippen molar-refractivity contribution in [1.82, 2.24) is 0 Å². The van der Waals surface area contributed by atoms with E-state index in [1.165, 1.54) is 18.2 Å². The Bertz CT molecular complexity index is 347. The van der Waals surface area contributed by atoms with Crippen LogP contribution in [0.4, 0.5) is 0 Å². The molecule has 0 saturated carbocycles. The molecule has 0 bridgehead atoms. The van der Waals surface area contributed by atoms with E-state index < -0.39 is 6.17 Å². The number of isocyanates is 3. The normalized spacial score (nSPS) is 12.5. The molecule has 0 rings (SSSR count). The minimum absolute atomic E-state index is 0.317. The van der Waals surface area contributed by atoms with Crippen molar-refractivity contribution in [1.29, 1.82) is 0 Å². The molecule has 0 saturated heterocycles. The smallest absolute Gasteiger partial charge is 0.211 e. The quantitative estimate of drug-likeness (QED) is 0.438. The highest BCUT2D eigenvalue weighted by molar-refractivity contribution is 5.36. The van der Waals surface area contributed by atoms with Gasteiger partial charge in [-0.15, -0.1) is 0 Å². The van der Waals surface area contributed by atoms with Crippen LogP contribution in [0.2, 0.25) is 0 Å². The summed E-state index contributed by atoms with van der Waals surface area (Å²) in [6.45, 7) is 2.53. The topological polar surface area (TPSA) is 88.3 Å². The van der Waals surface area contributed by atoms with E-state index in [1.54, 1.807) is 0 Å². The fourth-order valence-electron chi connectivity index (χ4n) is 1.77. The van der Waals surface area contributed by atoms with Crippen LogP contribution < -0.4 is 0 Å². The Balaban J connectivity index is 4.12. The number of hydrogen-bond acceptors (Lipinski definition) is 6. The summed E-state index contributed by atoms with van der Waals surface area (Å²) in [6.07, 6.45) is 7.70. The van der Waals surface area contributed by atoms with Gasteiger partial charge in [-0.3, -0.25) is 0 Å². The molecule has 0 amide bonds. The molecule has 1 unspecified atom stereocenters. The number of rotatable bonds is 10. The summed E-state index contributed by atoms with van der Waals surface area (Å²) in [7, 11) is 0. The van der Waals surface area contributed by atoms with Crippen LogP contribution in [0, 0.1) is 5.92 Å². The lowest BCUT2D eigenvalue weighted by atomic mass is 9.97. The maximum absolute atomic E-state index is 10.1. The second-order valence-electron chi connectivity index (χ2n) is 3.94. The largest absolute Gasteiger partial charge is 0.237 e. The molecule has 6 heteroatoms. The van der Waals surface area contributed by atoms with Crippen molar-refractivity contribution in [2.24, 2.45) is 20.9 Å². The predicted octanol–water partition coefficient (Wildman–Crippen LogP) is 1.91. The molecule has 0 radical (unpaired) electrons. The maximum Gasteiger partial charge on any atom is 0.237 e. The van der Waals surface area contributed by atoms with Crippen molar-refractivity contribution < 1.29 is 14.4 Å². The zero-order valence-corrected chi connectivity index (χ0v) is 10.5. The lowest BCUT2D eigenvalue weighted by Gasteiger charge is -2.12. The third kappa shape index (κ3) is 8.31. The SMILES string of the molecule is CCCC(CCCC(N=C=O)N=C=O)CN=C=O. The summed E-state index contributed by atoms with van der Waals surface area (Å²) < 4.78 is 0. The highest BCUT2D eigenvalue weighted by atomic mass is 16.1. The lowest BCUT2D eigenvalue weighted by Crippen LogP contribution is -2.07. The standard InChI is InChI=1S/C12H17N3O3/c1-2-4-11(7-13-8-16)5-3-6-12(14-9-17)15-10-18/h11-12H,2-7H2,1H3. The molecule has 0 spiro atoms. The molecule has 98 valence electrons. The van der Waals surface area contributed by atoms with E-state index in [4.69, 9.17) is 0 Å². The molecule has 0 aliphatic carbocycles. The minimum atomic E-state index is -0.683. The van der Waals surface area contributed by atoms with Gasteiger partial charge in [-0.2, -0.15) is 9.98 Å². The summed E-state index contributed by atoms with van der Waals surface area (Å²) in [5.41, 5.74) is 0. The number of aliphatic imine (C=N–C) groups is 3. The molecule has 0 aliphatic rings. The van der Waals surface area contributed by atoms with E-state index in [1.807, 2.05) is 0 Å². The van der Waals surface area contributed by atoms with E-state index in [0.717, 1.165) is 25.7 Å². The van der Waals surface area contributed by atoms with Crippen molar-refractivity contribution >= 4 is 18.2 Å². The van der Waals surface area contributed by atoms with Crippen LogP contribution in [0.25, 0.3) is 0 Å². The molecular formula is C12H17N3O3. The fourth-order valence-corrected chi connectivity index (χ4v) is 1.77. The van der Waals surface area contributed by atoms with Crippen LogP contribution >= 0.6 is 0 Å². The van der Waals surface area contributed by atoms with Crippen molar-refractivity contribution in [2.75, 3.05) is 6.54 Å². The van der Waals surface area contributed by atoms with E-state index in [2.05, 4.69) is 21.9 Å². The molecule has 0 heterocycles. The Kier molecular flexibility index (Phi) is 10.4. The van der Waals surface area contributed by atoms with Crippen LogP contribution in [0.15, 0.2) is 15.0 Å². The number of hydrogen-bond donors (Lipinski definition) is 0. The van der Waals surface area contributed by atoms with Crippen molar-refractivity contribution in [2.45, 2.75) is 45.2 Å². The number of carbonyl (C=O) groups excluding carboxylic acids is 3. The summed E-state index contributed by atoms with van der Waals surface area (Å²) in [4.78, 5) is 40.6. The van der Waals surface area contributed by atoms with Gasteiger partial charge in [-0.1, -0.05) is 13.3 Å². The second kappa shape index (κ2) is 11.6. The van der Waals surface area contributed by atoms with Crippen LogP contribution in [0.3, 0.4) is 0 Å². The van der Waals surface area contributed by atoms with Gasteiger partial charge in [0.1, 0.15) is 0 Å². The van der Waals surface area contributed by atoms with Crippen molar-refractivity contribution in [3.63, 3.8) is 0 Å². The third-order valence-corrected chi connectivity index (χ3v) is 2.59. The van der Waals surface area contributed by atoms with Gasteiger partial charge in [0.2, 0.25) is 18.2 Å². The molecule has 18 heavy (non-hydrogen) atoms. The molecule has 0 aromatic heterocycles. The minimum Gasteiger partial charge on any atom is -0.211 e.